The number of carboxylic acids is 1. The van der Waals surface area contributed by atoms with E-state index in [2.05, 4.69) is 17.1 Å². The average Bonchev–Trinajstić information content (AvgIpc) is 2.55. The molecule has 0 aromatic heterocycles. The predicted octanol–water partition coefficient (Wildman–Crippen LogP) is 2.71. The van der Waals surface area contributed by atoms with Crippen LogP contribution in [0.1, 0.15) is 15.9 Å². The number of hydrazone groups is 1. The van der Waals surface area contributed by atoms with Crippen molar-refractivity contribution in [2.45, 2.75) is 0 Å². The summed E-state index contributed by atoms with van der Waals surface area (Å²) in [4.78, 5) is 10.9. The number of carbonyl (C=O) groups is 1. The lowest BCUT2D eigenvalue weighted by molar-refractivity contribution is -0.255. The lowest BCUT2D eigenvalue weighted by atomic mass is 10.2. The van der Waals surface area contributed by atoms with Crippen LogP contribution in [0.15, 0.2) is 60.2 Å². The van der Waals surface area contributed by atoms with Gasteiger partial charge in [-0.1, -0.05) is 42.5 Å². The molecule has 23 heavy (non-hydrogen) atoms. The Morgan fingerprint density at radius 2 is 2.13 bits per heavy atom. The molecule has 2 aromatic rings. The average molecular weight is 330 g/mol. The highest BCUT2D eigenvalue weighted by molar-refractivity contribution is 6.33. The van der Waals surface area contributed by atoms with Gasteiger partial charge in [0.25, 0.3) is 0 Å². The molecule has 118 valence electrons. The number of carboxylic acid groups (broad SMARTS) is 1. The number of hydrogen-bond acceptors (Lipinski definition) is 5. The maximum Gasteiger partial charge on any atom is 0.128 e. The first kappa shape index (κ1) is 16.6. The molecule has 2 aromatic carbocycles. The van der Waals surface area contributed by atoms with E-state index in [4.69, 9.17) is 16.3 Å². The summed E-state index contributed by atoms with van der Waals surface area (Å²) in [6.07, 6.45) is 3.21. The minimum atomic E-state index is -1.28. The van der Waals surface area contributed by atoms with Crippen LogP contribution in [0, 0.1) is 0 Å². The summed E-state index contributed by atoms with van der Waals surface area (Å²) in [5, 5.41) is 15.3. The van der Waals surface area contributed by atoms with Crippen molar-refractivity contribution in [2.75, 3.05) is 12.0 Å². The number of nitrogens with zero attached hydrogens (tertiary/aromatic N) is 1. The molecule has 2 rings (SSSR count). The van der Waals surface area contributed by atoms with Gasteiger partial charge >= 0.3 is 0 Å². The van der Waals surface area contributed by atoms with Crippen LogP contribution in [0.2, 0.25) is 5.02 Å². The van der Waals surface area contributed by atoms with E-state index in [9.17, 15) is 9.90 Å². The lowest BCUT2D eigenvalue weighted by Crippen LogP contribution is -2.22. The number of benzene rings is 2. The molecular formula is C17H14ClN2O3-. The number of anilines is 1. The molecule has 0 atom stereocenters. The summed E-state index contributed by atoms with van der Waals surface area (Å²) in [6.45, 7) is 3.99. The Hall–Kier alpha value is -2.79. The molecule has 0 radical (unpaired) electrons. The minimum absolute atomic E-state index is 0.0156. The van der Waals surface area contributed by atoms with Gasteiger partial charge in [-0.05, 0) is 29.8 Å². The summed E-state index contributed by atoms with van der Waals surface area (Å²) in [5.74, 6) is -0.621. The van der Waals surface area contributed by atoms with Crippen molar-refractivity contribution in [3.63, 3.8) is 0 Å². The fourth-order valence-electron chi connectivity index (χ4n) is 1.78. The summed E-state index contributed by atoms with van der Waals surface area (Å²) in [6, 6.07) is 11.5. The molecular weight excluding hydrogens is 316 g/mol. The van der Waals surface area contributed by atoms with Crippen molar-refractivity contribution in [3.8, 4) is 5.75 Å². The third-order valence-corrected chi connectivity index (χ3v) is 3.20. The second kappa shape index (κ2) is 8.00. The monoisotopic (exact) mass is 329 g/mol. The van der Waals surface area contributed by atoms with Gasteiger partial charge in [-0.2, -0.15) is 5.10 Å². The molecule has 0 heterocycles. The summed E-state index contributed by atoms with van der Waals surface area (Å²) < 4.78 is 5.51. The number of hydrogen-bond donors (Lipinski definition) is 1. The van der Waals surface area contributed by atoms with E-state index in [0.29, 0.717) is 23.1 Å². The Bertz CT molecular complexity index is 744. The van der Waals surface area contributed by atoms with Crippen molar-refractivity contribution in [2.24, 2.45) is 5.10 Å². The minimum Gasteiger partial charge on any atom is -0.545 e. The Balaban J connectivity index is 2.15. The van der Waals surface area contributed by atoms with Crippen molar-refractivity contribution >= 4 is 29.5 Å². The van der Waals surface area contributed by atoms with E-state index in [1.807, 2.05) is 24.3 Å². The fraction of sp³-hybridized carbons (Fsp3) is 0.0588. The third kappa shape index (κ3) is 4.59. The van der Waals surface area contributed by atoms with E-state index < -0.39 is 5.97 Å². The molecule has 0 amide bonds. The molecule has 0 aliphatic carbocycles. The molecule has 0 saturated carbocycles. The second-order valence-corrected chi connectivity index (χ2v) is 4.90. The van der Waals surface area contributed by atoms with E-state index in [0.717, 1.165) is 5.56 Å². The van der Waals surface area contributed by atoms with E-state index >= 15 is 0 Å². The van der Waals surface area contributed by atoms with E-state index in [1.165, 1.54) is 18.2 Å². The molecule has 6 heteroatoms. The molecule has 0 unspecified atom stereocenters. The number of para-hydroxylation sites is 1. The Kier molecular flexibility index (Phi) is 5.77. The van der Waals surface area contributed by atoms with Crippen molar-refractivity contribution in [1.29, 1.82) is 0 Å². The van der Waals surface area contributed by atoms with Gasteiger partial charge < -0.3 is 14.6 Å². The molecule has 0 bridgehead atoms. The zero-order valence-electron chi connectivity index (χ0n) is 12.2. The highest BCUT2D eigenvalue weighted by Gasteiger charge is 2.03. The van der Waals surface area contributed by atoms with Gasteiger partial charge in [0.2, 0.25) is 0 Å². The van der Waals surface area contributed by atoms with Gasteiger partial charge in [0, 0.05) is 5.56 Å². The van der Waals surface area contributed by atoms with Gasteiger partial charge in [-0.25, -0.2) is 0 Å². The number of carbonyl (C=O) groups excluding carboxylic acids is 1. The zero-order valence-corrected chi connectivity index (χ0v) is 12.9. The first-order valence-corrected chi connectivity index (χ1v) is 7.12. The molecule has 0 aliphatic heterocycles. The SMILES string of the molecule is C=CCOc1ccccc1/C=N\Nc1cc(C(=O)[O-])ccc1Cl. The number of nitrogens with one attached hydrogen (secondary N) is 1. The normalized spacial score (nSPS) is 10.5. The van der Waals surface area contributed by atoms with Crippen molar-refractivity contribution < 1.29 is 14.6 Å². The van der Waals surface area contributed by atoms with Gasteiger partial charge in [-0.3, -0.25) is 5.43 Å². The van der Waals surface area contributed by atoms with Crippen LogP contribution < -0.4 is 15.3 Å². The van der Waals surface area contributed by atoms with Crippen molar-refractivity contribution in [3.05, 3.63) is 71.3 Å². The quantitative estimate of drug-likeness (QED) is 0.481. The molecule has 0 aliphatic rings. The largest absolute Gasteiger partial charge is 0.545 e. The fourth-order valence-corrected chi connectivity index (χ4v) is 1.94. The maximum atomic E-state index is 10.9. The Morgan fingerprint density at radius 1 is 1.35 bits per heavy atom. The Labute approximate surface area is 138 Å². The second-order valence-electron chi connectivity index (χ2n) is 4.49. The van der Waals surface area contributed by atoms with Gasteiger partial charge in [0.1, 0.15) is 12.4 Å². The number of halogens is 1. The Morgan fingerprint density at radius 3 is 2.87 bits per heavy atom. The van der Waals surface area contributed by atoms with Gasteiger partial charge in [0.05, 0.1) is 22.9 Å². The zero-order chi connectivity index (χ0) is 16.7. The highest BCUT2D eigenvalue weighted by Crippen LogP contribution is 2.23. The van der Waals surface area contributed by atoms with Crippen LogP contribution in [0.3, 0.4) is 0 Å². The van der Waals surface area contributed by atoms with Crippen LogP contribution in [0.5, 0.6) is 5.75 Å². The molecule has 0 fully saturated rings. The van der Waals surface area contributed by atoms with Crippen LogP contribution in [0.25, 0.3) is 0 Å². The molecule has 1 N–H and O–H groups in total. The first-order chi connectivity index (χ1) is 11.1. The van der Waals surface area contributed by atoms with Gasteiger partial charge in [0.15, 0.2) is 0 Å². The van der Waals surface area contributed by atoms with E-state index in [-0.39, 0.29) is 5.56 Å². The lowest BCUT2D eigenvalue weighted by Gasteiger charge is -2.08. The highest BCUT2D eigenvalue weighted by atomic mass is 35.5. The van der Waals surface area contributed by atoms with Crippen molar-refractivity contribution in [1.82, 2.24) is 0 Å². The van der Waals surface area contributed by atoms with Crippen LogP contribution in [-0.2, 0) is 0 Å². The number of ether oxygens (including phenoxy) is 1. The van der Waals surface area contributed by atoms with Crippen LogP contribution >= 0.6 is 11.6 Å². The maximum absolute atomic E-state index is 10.9. The number of rotatable bonds is 7. The molecule has 0 saturated heterocycles. The van der Waals surface area contributed by atoms with E-state index in [1.54, 1.807) is 12.3 Å². The predicted molar refractivity (Wildman–Crippen MR) is 89.1 cm³/mol. The third-order valence-electron chi connectivity index (χ3n) is 2.87. The first-order valence-electron chi connectivity index (χ1n) is 6.74. The summed E-state index contributed by atoms with van der Waals surface area (Å²) >= 11 is 6.00. The summed E-state index contributed by atoms with van der Waals surface area (Å²) in [7, 11) is 0. The van der Waals surface area contributed by atoms with Gasteiger partial charge in [-0.15, -0.1) is 0 Å². The smallest absolute Gasteiger partial charge is 0.128 e. The topological polar surface area (TPSA) is 73.8 Å². The summed E-state index contributed by atoms with van der Waals surface area (Å²) in [5.41, 5.74) is 3.85. The standard InChI is InChI=1S/C17H15ClN2O3/c1-2-9-23-16-6-4-3-5-13(16)11-19-20-15-10-12(17(21)22)7-8-14(15)18/h2-8,10-11,20H,1,9H2,(H,21,22)/p-1/b19-11-. The molecule has 5 nitrogen and oxygen atoms in total. The van der Waals surface area contributed by atoms with Crippen LogP contribution in [0.4, 0.5) is 5.69 Å². The molecule has 0 spiro atoms. The van der Waals surface area contributed by atoms with Crippen LogP contribution in [-0.4, -0.2) is 18.8 Å². The number of aromatic carboxylic acids is 1.